The van der Waals surface area contributed by atoms with E-state index >= 15 is 0 Å². The van der Waals surface area contributed by atoms with Gasteiger partial charge in [-0.3, -0.25) is 4.90 Å². The minimum absolute atomic E-state index is 0. The van der Waals surface area contributed by atoms with Crippen LogP contribution in [-0.4, -0.2) is 40.8 Å². The third-order valence-corrected chi connectivity index (χ3v) is 6.61. The lowest BCUT2D eigenvalue weighted by atomic mass is 9.94. The molecule has 1 atom stereocenters. The molecule has 0 aromatic heterocycles. The molecule has 2 aromatic rings. The zero-order chi connectivity index (χ0) is 22.3. The van der Waals surface area contributed by atoms with Gasteiger partial charge in [0.15, 0.2) is 0 Å². The predicted molar refractivity (Wildman–Crippen MR) is 127 cm³/mol. The van der Waals surface area contributed by atoms with Gasteiger partial charge in [0.2, 0.25) is 0 Å². The third-order valence-electron chi connectivity index (χ3n) is 6.18. The maximum Gasteiger partial charge on any atom is 0.338 e. The molecule has 0 bridgehead atoms. The quantitative estimate of drug-likeness (QED) is 0.500. The summed E-state index contributed by atoms with van der Waals surface area (Å²) < 4.78 is 20.6. The molecule has 4 nitrogen and oxygen atoms in total. The first-order valence-corrected chi connectivity index (χ1v) is 11.3. The number of ether oxygens (including phenoxy) is 1. The largest absolute Gasteiger partial charge is 0.478 e. The van der Waals surface area contributed by atoms with Crippen molar-refractivity contribution in [1.82, 2.24) is 4.90 Å². The summed E-state index contributed by atoms with van der Waals surface area (Å²) in [6.45, 7) is 5.98. The van der Waals surface area contributed by atoms with Gasteiger partial charge in [0.05, 0.1) is 18.3 Å². The van der Waals surface area contributed by atoms with Gasteiger partial charge in [-0.25, -0.2) is 9.18 Å². The molecule has 1 N–H and O–H groups in total. The van der Waals surface area contributed by atoms with Crippen LogP contribution in [0.5, 0.6) is 0 Å². The van der Waals surface area contributed by atoms with E-state index in [9.17, 15) is 14.3 Å². The number of nitrogens with zero attached hydrogens (tertiary/aromatic N) is 1. The van der Waals surface area contributed by atoms with Crippen LogP contribution < -0.4 is 0 Å². The molecular weight excluding hydrogens is 476 g/mol. The lowest BCUT2D eigenvalue weighted by Crippen LogP contribution is -2.56. The normalized spacial score (nSPS) is 20.6. The zero-order valence-electron chi connectivity index (χ0n) is 18.0. The fraction of sp³-hybridized carbons (Fsp3) is 0.458. The number of carboxylic acids is 1. The average Bonchev–Trinajstić information content (AvgIpc) is 3.49. The highest BCUT2D eigenvalue weighted by Crippen LogP contribution is 2.43. The maximum absolute atomic E-state index is 14.5. The lowest BCUT2D eigenvalue weighted by Gasteiger charge is -2.45. The van der Waals surface area contributed by atoms with E-state index in [0.717, 1.165) is 29.5 Å². The fourth-order valence-corrected chi connectivity index (χ4v) is 4.84. The number of hydrogen-bond acceptors (Lipinski definition) is 3. The van der Waals surface area contributed by atoms with Gasteiger partial charge in [-0.1, -0.05) is 23.2 Å². The molecule has 32 heavy (non-hydrogen) atoms. The van der Waals surface area contributed by atoms with E-state index in [2.05, 4.69) is 18.7 Å². The van der Waals surface area contributed by atoms with Crippen molar-refractivity contribution in [1.29, 1.82) is 0 Å². The monoisotopic (exact) mass is 501 g/mol. The van der Waals surface area contributed by atoms with Crippen molar-refractivity contribution in [2.45, 2.75) is 57.2 Å². The topological polar surface area (TPSA) is 49.8 Å². The minimum Gasteiger partial charge on any atom is -0.478 e. The highest BCUT2D eigenvalue weighted by molar-refractivity contribution is 6.34. The zero-order valence-corrected chi connectivity index (χ0v) is 20.4. The van der Waals surface area contributed by atoms with Crippen molar-refractivity contribution in [3.8, 4) is 0 Å². The molecule has 4 rings (SSSR count). The number of rotatable bonds is 6. The van der Waals surface area contributed by atoms with Crippen molar-refractivity contribution in [2.75, 3.05) is 13.2 Å². The molecule has 0 radical (unpaired) electrons. The van der Waals surface area contributed by atoms with E-state index < -0.39 is 11.8 Å². The van der Waals surface area contributed by atoms with E-state index in [1.165, 1.54) is 12.1 Å². The summed E-state index contributed by atoms with van der Waals surface area (Å²) in [6.07, 6.45) is 2.66. The number of benzene rings is 2. The number of carbonyl (C=O) groups is 1. The smallest absolute Gasteiger partial charge is 0.338 e. The van der Waals surface area contributed by atoms with E-state index in [4.69, 9.17) is 27.9 Å². The van der Waals surface area contributed by atoms with Gasteiger partial charge in [0.1, 0.15) is 5.82 Å². The summed E-state index contributed by atoms with van der Waals surface area (Å²) in [5, 5.41) is 10.5. The van der Waals surface area contributed by atoms with Gasteiger partial charge in [0.25, 0.3) is 0 Å². The first kappa shape index (κ1) is 25.3. The second-order valence-corrected chi connectivity index (χ2v) is 10.1. The highest BCUT2D eigenvalue weighted by Gasteiger charge is 2.37. The van der Waals surface area contributed by atoms with Gasteiger partial charge in [-0.15, -0.1) is 12.4 Å². The summed E-state index contributed by atoms with van der Waals surface area (Å²) >= 11 is 12.3. The molecule has 174 valence electrons. The number of morpholine rings is 1. The van der Waals surface area contributed by atoms with Crippen molar-refractivity contribution >= 4 is 41.6 Å². The van der Waals surface area contributed by atoms with Crippen LogP contribution in [0.25, 0.3) is 0 Å². The summed E-state index contributed by atoms with van der Waals surface area (Å²) in [7, 11) is 0. The van der Waals surface area contributed by atoms with Gasteiger partial charge in [-0.05, 0) is 86.1 Å². The SMILES string of the molecule is CC1(C)CO[C@H](Cc2cc(Cl)cc(Cl)c2)CN1Cc1cc(F)c(C(=O)O)cc1C1CC1.Cl. The molecule has 2 aromatic carbocycles. The van der Waals surface area contributed by atoms with Gasteiger partial charge < -0.3 is 9.84 Å². The molecule has 1 saturated heterocycles. The first-order valence-electron chi connectivity index (χ1n) is 10.5. The van der Waals surface area contributed by atoms with Gasteiger partial charge in [-0.2, -0.15) is 0 Å². The van der Waals surface area contributed by atoms with E-state index in [1.807, 2.05) is 12.1 Å². The number of halogens is 4. The molecular formula is C24H27Cl3FNO3. The molecule has 0 spiro atoms. The standard InChI is InChI=1S/C24H26Cl2FNO3.ClH/c1-24(2)13-31-19(7-14-5-17(25)9-18(26)6-14)12-28(24)11-16-8-22(27)21(23(29)30)10-20(16)15-3-4-15;/h5-6,8-10,15,19H,3-4,7,11-13H2,1-2H3,(H,29,30);1H/t19-;/m1./s1. The number of carboxylic acid groups (broad SMARTS) is 1. The van der Waals surface area contributed by atoms with Crippen molar-refractivity contribution in [2.24, 2.45) is 0 Å². The summed E-state index contributed by atoms with van der Waals surface area (Å²) in [5.74, 6) is -1.58. The van der Waals surface area contributed by atoms with Gasteiger partial charge >= 0.3 is 5.97 Å². The van der Waals surface area contributed by atoms with Crippen LogP contribution in [0.2, 0.25) is 10.0 Å². The maximum atomic E-state index is 14.5. The highest BCUT2D eigenvalue weighted by atomic mass is 35.5. The van der Waals surface area contributed by atoms with Crippen LogP contribution in [0.15, 0.2) is 30.3 Å². The Morgan fingerprint density at radius 1 is 1.19 bits per heavy atom. The molecule has 8 heteroatoms. The van der Waals surface area contributed by atoms with E-state index in [1.54, 1.807) is 6.07 Å². The summed E-state index contributed by atoms with van der Waals surface area (Å²) in [6, 6.07) is 8.44. The fourth-order valence-electron chi connectivity index (χ4n) is 4.26. The summed E-state index contributed by atoms with van der Waals surface area (Å²) in [5.41, 5.74) is 2.36. The Hall–Kier alpha value is -1.37. The van der Waals surface area contributed by atoms with Crippen molar-refractivity contribution < 1.29 is 19.0 Å². The van der Waals surface area contributed by atoms with Gasteiger partial charge in [0, 0.05) is 28.7 Å². The Labute approximate surface area is 204 Å². The Balaban J connectivity index is 0.00000289. The lowest BCUT2D eigenvalue weighted by molar-refractivity contribution is -0.101. The van der Waals surface area contributed by atoms with Crippen molar-refractivity contribution in [3.05, 3.63) is 68.4 Å². The molecule has 0 unspecified atom stereocenters. The molecule has 2 aliphatic rings. The molecule has 1 saturated carbocycles. The molecule has 2 fully saturated rings. The number of aromatic carboxylic acids is 1. The Morgan fingerprint density at radius 3 is 2.44 bits per heavy atom. The van der Waals surface area contributed by atoms with Crippen LogP contribution in [0.3, 0.4) is 0 Å². The molecule has 1 aliphatic carbocycles. The first-order chi connectivity index (χ1) is 14.6. The van der Waals surface area contributed by atoms with E-state index in [0.29, 0.717) is 42.1 Å². The molecule has 1 heterocycles. The van der Waals surface area contributed by atoms with Crippen LogP contribution in [0.4, 0.5) is 4.39 Å². The van der Waals surface area contributed by atoms with E-state index in [-0.39, 0.29) is 29.6 Å². The Bertz CT molecular complexity index is 990. The van der Waals surface area contributed by atoms with Crippen LogP contribution in [0.1, 0.15) is 59.7 Å². The predicted octanol–water partition coefficient (Wildman–Crippen LogP) is 6.35. The second-order valence-electron chi connectivity index (χ2n) is 9.22. The van der Waals surface area contributed by atoms with Crippen LogP contribution in [-0.2, 0) is 17.7 Å². The Morgan fingerprint density at radius 2 is 1.84 bits per heavy atom. The third kappa shape index (κ3) is 5.75. The average molecular weight is 503 g/mol. The summed E-state index contributed by atoms with van der Waals surface area (Å²) in [4.78, 5) is 13.7. The second kappa shape index (κ2) is 9.86. The molecule has 1 aliphatic heterocycles. The minimum atomic E-state index is -1.22. The number of hydrogen-bond donors (Lipinski definition) is 1. The van der Waals surface area contributed by atoms with Crippen molar-refractivity contribution in [3.63, 3.8) is 0 Å². The van der Waals surface area contributed by atoms with Crippen LogP contribution in [0, 0.1) is 5.82 Å². The molecule has 0 amide bonds. The Kier molecular flexibility index (Phi) is 7.78. The van der Waals surface area contributed by atoms with Crippen LogP contribution >= 0.6 is 35.6 Å².